The maximum absolute atomic E-state index is 15.8. The Labute approximate surface area is 262 Å². The van der Waals surface area contributed by atoms with E-state index in [0.717, 1.165) is 84.9 Å². The minimum Gasteiger partial charge on any atom is -0.365 e. The lowest BCUT2D eigenvalue weighted by atomic mass is 9.73. The molecule has 232 valence electrons. The summed E-state index contributed by atoms with van der Waals surface area (Å²) in [7, 11) is 0.0759. The molecule has 0 saturated carbocycles. The number of nitriles is 1. The first-order valence-electron chi connectivity index (χ1n) is 15.8. The van der Waals surface area contributed by atoms with Gasteiger partial charge < -0.3 is 10.2 Å². The first kappa shape index (κ1) is 30.7. The summed E-state index contributed by atoms with van der Waals surface area (Å²) in [6.45, 7) is 7.78. The molecule has 5 aliphatic heterocycles. The smallest absolute Gasteiger partial charge is 0.276 e. The van der Waals surface area contributed by atoms with Gasteiger partial charge in [-0.25, -0.2) is 18.7 Å². The third-order valence-corrected chi connectivity index (χ3v) is 11.4. The highest BCUT2D eigenvalue weighted by atomic mass is 32.2. The van der Waals surface area contributed by atoms with Crippen molar-refractivity contribution in [3.63, 3.8) is 0 Å². The van der Waals surface area contributed by atoms with E-state index >= 15 is 8.78 Å². The van der Waals surface area contributed by atoms with E-state index < -0.39 is 17.3 Å². The maximum atomic E-state index is 15.8. The van der Waals surface area contributed by atoms with Gasteiger partial charge in [-0.15, -0.1) is 0 Å². The Kier molecular flexibility index (Phi) is 9.02. The van der Waals surface area contributed by atoms with Crippen molar-refractivity contribution in [3.8, 4) is 6.07 Å². The standard InChI is InChI=1S/C35H42F2N6S/c1-26-31(34(24-38)13-19-44(2)20-14-34)22-30-32-39-23-27-9-8-10-29(21-27)35(36,37)28-11-17-42(18-12-28)15-6-4-3-5-7-16-43(26)33(30)41-25-40-32/h4,6,8-10,21-22,25,28H,1-3,5,7,11-20,23H2,(H,39,40,41)/b6-4+. The van der Waals surface area contributed by atoms with E-state index in [1.54, 1.807) is 24.5 Å². The number of nitrogens with zero attached hydrogens (tertiary/aromatic N) is 5. The van der Waals surface area contributed by atoms with Crippen LogP contribution in [0.25, 0.3) is 6.08 Å². The molecule has 9 heteroatoms. The van der Waals surface area contributed by atoms with Crippen LogP contribution in [0.15, 0.2) is 60.6 Å². The number of allylic oxidation sites excluding steroid dienone is 2. The zero-order valence-corrected chi connectivity index (χ0v) is 26.2. The van der Waals surface area contributed by atoms with Crippen LogP contribution in [-0.4, -0.2) is 58.4 Å². The number of piperidine rings is 1. The lowest BCUT2D eigenvalue weighted by Crippen LogP contribution is -2.39. The molecule has 0 unspecified atom stereocenters. The van der Waals surface area contributed by atoms with Gasteiger partial charge in [-0.2, -0.15) is 15.7 Å². The van der Waals surface area contributed by atoms with Crippen LogP contribution in [0.5, 0.6) is 0 Å². The number of halogens is 2. The van der Waals surface area contributed by atoms with Gasteiger partial charge in [-0.05, 0) is 92.8 Å². The molecule has 8 bridgehead atoms. The number of alkyl halides is 2. The third-order valence-electron chi connectivity index (χ3n) is 9.81. The number of hydrogen-bond donors (Lipinski definition) is 1. The Morgan fingerprint density at radius 1 is 1.07 bits per heavy atom. The molecule has 2 aromatic rings. The van der Waals surface area contributed by atoms with Crippen LogP contribution >= 0.6 is 10.5 Å². The molecule has 1 aromatic carbocycles. The predicted octanol–water partition coefficient (Wildman–Crippen LogP) is 7.35. The van der Waals surface area contributed by atoms with E-state index in [2.05, 4.69) is 56.8 Å². The molecule has 0 aliphatic carbocycles. The molecule has 0 spiro atoms. The maximum Gasteiger partial charge on any atom is 0.276 e. The number of fused-ring (bicyclic) bond motifs is 8. The molecule has 0 radical (unpaired) electrons. The summed E-state index contributed by atoms with van der Waals surface area (Å²) in [4.78, 5) is 13.7. The van der Waals surface area contributed by atoms with Gasteiger partial charge >= 0.3 is 0 Å². The first-order valence-corrected chi connectivity index (χ1v) is 17.5. The Morgan fingerprint density at radius 3 is 2.64 bits per heavy atom. The molecule has 44 heavy (non-hydrogen) atoms. The molecule has 6 heterocycles. The largest absolute Gasteiger partial charge is 0.365 e. The Bertz CT molecular complexity index is 1510. The molecule has 7 rings (SSSR count). The van der Waals surface area contributed by atoms with E-state index in [0.29, 0.717) is 38.3 Å². The summed E-state index contributed by atoms with van der Waals surface area (Å²) in [5, 5.41) is 14.0. The van der Waals surface area contributed by atoms with Gasteiger partial charge in [0.25, 0.3) is 5.92 Å². The molecule has 1 N–H and O–H groups in total. The van der Waals surface area contributed by atoms with Gasteiger partial charge in [-0.1, -0.05) is 42.8 Å². The highest BCUT2D eigenvalue weighted by Crippen LogP contribution is 2.50. The number of benzene rings is 1. The molecule has 2 saturated heterocycles. The third kappa shape index (κ3) is 6.12. The fourth-order valence-electron chi connectivity index (χ4n) is 7.00. The van der Waals surface area contributed by atoms with Crippen molar-refractivity contribution in [3.05, 3.63) is 77.3 Å². The van der Waals surface area contributed by atoms with Gasteiger partial charge in [0.2, 0.25) is 0 Å². The van der Waals surface area contributed by atoms with E-state index in [1.807, 2.05) is 6.07 Å². The van der Waals surface area contributed by atoms with Crippen molar-refractivity contribution < 1.29 is 8.78 Å². The quantitative estimate of drug-likeness (QED) is 0.267. The van der Waals surface area contributed by atoms with Crippen molar-refractivity contribution in [1.29, 1.82) is 5.26 Å². The second kappa shape index (κ2) is 12.9. The van der Waals surface area contributed by atoms with Crippen LogP contribution in [0, 0.1) is 22.7 Å². The normalized spacial score (nSPS) is 29.8. The van der Waals surface area contributed by atoms with E-state index in [9.17, 15) is 5.26 Å². The number of hydrogen-bond acceptors (Lipinski definition) is 6. The number of anilines is 2. The summed E-state index contributed by atoms with van der Waals surface area (Å²) in [6, 6.07) is 9.48. The molecule has 1 aromatic heterocycles. The molecule has 0 atom stereocenters. The Morgan fingerprint density at radius 2 is 1.86 bits per heavy atom. The average Bonchev–Trinajstić information content (AvgIpc) is 3.04. The van der Waals surface area contributed by atoms with Crippen molar-refractivity contribution in [2.75, 3.05) is 47.9 Å². The SMILES string of the molecule is C=C1C(C2(C#N)CCS(=C)CC2)=Cc2c3ncnc2N1CCCC/C=C/CN1CCC(CC1)C(F)(F)c1cccc(c1)CN3. The van der Waals surface area contributed by atoms with Gasteiger partial charge in [0.15, 0.2) is 0 Å². The van der Waals surface area contributed by atoms with Gasteiger partial charge in [0.05, 0.1) is 17.0 Å². The van der Waals surface area contributed by atoms with Gasteiger partial charge in [0.1, 0.15) is 18.0 Å². The van der Waals surface area contributed by atoms with Crippen LogP contribution in [0.3, 0.4) is 0 Å². The Hall–Kier alpha value is -3.35. The molecule has 5 aliphatic rings. The first-order chi connectivity index (χ1) is 21.3. The van der Waals surface area contributed by atoms with Crippen molar-refractivity contribution >= 4 is 34.1 Å². The topological polar surface area (TPSA) is 68.1 Å². The Balaban J connectivity index is 1.36. The van der Waals surface area contributed by atoms with Crippen LogP contribution in [0.4, 0.5) is 20.4 Å². The molecule has 6 nitrogen and oxygen atoms in total. The van der Waals surface area contributed by atoms with Crippen molar-refractivity contribution in [1.82, 2.24) is 14.9 Å². The van der Waals surface area contributed by atoms with Gasteiger partial charge in [-0.3, -0.25) is 4.90 Å². The monoisotopic (exact) mass is 616 g/mol. The molecular formula is C35H42F2N6S. The predicted molar refractivity (Wildman–Crippen MR) is 178 cm³/mol. The fraction of sp³-hybridized carbons (Fsp3) is 0.486. The highest BCUT2D eigenvalue weighted by molar-refractivity contribution is 8.14. The number of nitrogens with one attached hydrogen (secondary N) is 1. The second-order valence-corrected chi connectivity index (χ2v) is 14.6. The van der Waals surface area contributed by atoms with Crippen molar-refractivity contribution in [2.45, 2.75) is 57.4 Å². The molecule has 0 amide bonds. The van der Waals surface area contributed by atoms with Crippen LogP contribution in [0.1, 0.15) is 61.6 Å². The van der Waals surface area contributed by atoms with Crippen molar-refractivity contribution in [2.24, 2.45) is 11.3 Å². The van der Waals surface area contributed by atoms with E-state index in [1.165, 1.54) is 0 Å². The minimum absolute atomic E-state index is 0.0759. The summed E-state index contributed by atoms with van der Waals surface area (Å²) in [5.74, 6) is 3.97. The van der Waals surface area contributed by atoms with E-state index in [-0.39, 0.29) is 16.0 Å². The second-order valence-electron chi connectivity index (χ2n) is 12.5. The summed E-state index contributed by atoms with van der Waals surface area (Å²) in [5.41, 5.74) is 2.81. The summed E-state index contributed by atoms with van der Waals surface area (Å²) in [6.07, 6.45) is 13.4. The van der Waals surface area contributed by atoms with Crippen LogP contribution < -0.4 is 10.2 Å². The van der Waals surface area contributed by atoms with Crippen LogP contribution in [-0.2, 0) is 12.5 Å². The summed E-state index contributed by atoms with van der Waals surface area (Å²) < 4.78 is 31.5. The van der Waals surface area contributed by atoms with Crippen LogP contribution in [0.2, 0.25) is 0 Å². The summed E-state index contributed by atoms with van der Waals surface area (Å²) >= 11 is 0. The van der Waals surface area contributed by atoms with E-state index in [4.69, 9.17) is 4.98 Å². The fourth-order valence-corrected chi connectivity index (χ4v) is 8.48. The minimum atomic E-state index is -2.89. The zero-order valence-electron chi connectivity index (χ0n) is 25.4. The highest BCUT2D eigenvalue weighted by Gasteiger charge is 2.43. The lowest BCUT2D eigenvalue weighted by Gasteiger charge is -2.41. The lowest BCUT2D eigenvalue weighted by molar-refractivity contribution is -0.0847. The number of aromatic nitrogens is 2. The van der Waals surface area contributed by atoms with Gasteiger partial charge in [0, 0.05) is 36.8 Å². The molecule has 2 fully saturated rings. The zero-order chi connectivity index (χ0) is 30.7. The number of rotatable bonds is 1. The molecular weight excluding hydrogens is 574 g/mol. The average molecular weight is 617 g/mol.